The molecule has 0 bridgehead atoms. The van der Waals surface area contributed by atoms with E-state index in [9.17, 15) is 4.79 Å². The average Bonchev–Trinajstić information content (AvgIpc) is 2.75. The van der Waals surface area contributed by atoms with Crippen molar-refractivity contribution >= 4 is 13.1 Å². The molecule has 142 valence electrons. The fourth-order valence-electron chi connectivity index (χ4n) is 3.32. The summed E-state index contributed by atoms with van der Waals surface area (Å²) in [6.07, 6.45) is 6.25. The molecule has 2 aliphatic rings. The number of hydrogen-bond acceptors (Lipinski definition) is 5. The molecule has 0 radical (unpaired) electrons. The maximum absolute atomic E-state index is 11.9. The molecule has 0 aliphatic carbocycles. The van der Waals surface area contributed by atoms with Crippen molar-refractivity contribution in [1.82, 2.24) is 4.90 Å². The molecule has 0 N–H and O–H groups in total. The summed E-state index contributed by atoms with van der Waals surface area (Å²) in [5.41, 5.74) is -0.560. The van der Waals surface area contributed by atoms with Crippen LogP contribution in [0, 0.1) is 5.92 Å². The van der Waals surface area contributed by atoms with Crippen LogP contribution in [0.15, 0.2) is 12.1 Å². The van der Waals surface area contributed by atoms with Crippen LogP contribution in [0.25, 0.3) is 0 Å². The van der Waals surface area contributed by atoms with Gasteiger partial charge in [-0.1, -0.05) is 12.1 Å². The molecule has 25 heavy (non-hydrogen) atoms. The maximum Gasteiger partial charge on any atom is 0.486 e. The summed E-state index contributed by atoms with van der Waals surface area (Å²) in [4.78, 5) is 14.3. The monoisotopic (exact) mass is 351 g/mol. The number of unbranched alkanes of at least 4 members (excludes halogenated alkanes) is 1. The van der Waals surface area contributed by atoms with Gasteiger partial charge in [0.2, 0.25) is 0 Å². The van der Waals surface area contributed by atoms with E-state index in [-0.39, 0.29) is 30.2 Å². The van der Waals surface area contributed by atoms with Crippen LogP contribution in [0.3, 0.4) is 0 Å². The summed E-state index contributed by atoms with van der Waals surface area (Å²) in [7, 11) is -0.256. The van der Waals surface area contributed by atoms with Crippen molar-refractivity contribution in [1.29, 1.82) is 0 Å². The Morgan fingerprint density at radius 2 is 1.96 bits per heavy atom. The van der Waals surface area contributed by atoms with Gasteiger partial charge >= 0.3 is 13.1 Å². The topological polar surface area (TPSA) is 48.0 Å². The predicted molar refractivity (Wildman–Crippen MR) is 100 cm³/mol. The highest BCUT2D eigenvalue weighted by Crippen LogP contribution is 2.36. The molecular formula is C19H34BNO4. The minimum atomic E-state index is -0.280. The van der Waals surface area contributed by atoms with Crippen LogP contribution in [-0.4, -0.2) is 55.4 Å². The molecule has 0 amide bonds. The Balaban J connectivity index is 1.67. The number of nitrogens with zero attached hydrogens (tertiary/aromatic N) is 1. The Hall–Kier alpha value is -0.845. The molecule has 0 aromatic carbocycles. The number of ether oxygens (including phenoxy) is 1. The fourth-order valence-corrected chi connectivity index (χ4v) is 3.32. The van der Waals surface area contributed by atoms with E-state index >= 15 is 0 Å². The molecule has 2 fully saturated rings. The number of carbonyl (C=O) groups excluding carboxylic acids is 1. The highest BCUT2D eigenvalue weighted by Gasteiger charge is 2.49. The summed E-state index contributed by atoms with van der Waals surface area (Å²) in [5, 5.41) is 0. The zero-order valence-electron chi connectivity index (χ0n) is 16.5. The lowest BCUT2D eigenvalue weighted by atomic mass is 9.89. The van der Waals surface area contributed by atoms with Gasteiger partial charge in [0.1, 0.15) is 0 Å². The highest BCUT2D eigenvalue weighted by molar-refractivity contribution is 6.51. The molecule has 0 saturated carbocycles. The lowest BCUT2D eigenvalue weighted by Gasteiger charge is -2.32. The number of esters is 1. The van der Waals surface area contributed by atoms with Gasteiger partial charge < -0.3 is 18.9 Å². The van der Waals surface area contributed by atoms with Crippen molar-refractivity contribution in [3.63, 3.8) is 0 Å². The number of likely N-dealkylation sites (tertiary alicyclic amines) is 1. The normalized spacial score (nSPS) is 26.3. The number of piperidine rings is 1. The second-order valence-electron chi connectivity index (χ2n) is 8.09. The van der Waals surface area contributed by atoms with E-state index in [1.165, 1.54) is 0 Å². The van der Waals surface area contributed by atoms with E-state index in [1.807, 2.05) is 12.9 Å². The summed E-state index contributed by atoms with van der Waals surface area (Å²) in [6, 6.07) is 0. The molecule has 0 aromatic heterocycles. The minimum Gasteiger partial charge on any atom is -0.466 e. The van der Waals surface area contributed by atoms with Crippen LogP contribution in [0.4, 0.5) is 0 Å². The van der Waals surface area contributed by atoms with Crippen molar-refractivity contribution in [3.05, 3.63) is 12.1 Å². The third-order valence-corrected chi connectivity index (χ3v) is 5.54. The van der Waals surface area contributed by atoms with Gasteiger partial charge in [-0.15, -0.1) is 0 Å². The maximum atomic E-state index is 11.9. The molecule has 2 rings (SSSR count). The van der Waals surface area contributed by atoms with Crippen molar-refractivity contribution in [2.24, 2.45) is 5.92 Å². The molecule has 2 heterocycles. The molecular weight excluding hydrogens is 317 g/mol. The fraction of sp³-hybridized carbons (Fsp3) is 0.842. The summed E-state index contributed by atoms with van der Waals surface area (Å²) in [6.45, 7) is 13.5. The SMILES string of the molecule is CCOC(=O)C1CCCN(CCC/C=C/B2OC(C)(C)C(C)(C)O2)C1. The summed E-state index contributed by atoms with van der Waals surface area (Å²) < 4.78 is 17.1. The Kier molecular flexibility index (Phi) is 7.12. The third-order valence-electron chi connectivity index (χ3n) is 5.54. The number of rotatable bonds is 7. The van der Waals surface area contributed by atoms with E-state index in [2.05, 4.69) is 38.7 Å². The molecule has 2 aliphatic heterocycles. The smallest absolute Gasteiger partial charge is 0.466 e. The first-order chi connectivity index (χ1) is 11.7. The molecule has 1 unspecified atom stereocenters. The predicted octanol–water partition coefficient (Wildman–Crippen LogP) is 3.23. The van der Waals surface area contributed by atoms with E-state index in [0.29, 0.717) is 6.61 Å². The van der Waals surface area contributed by atoms with Crippen LogP contribution in [0.1, 0.15) is 60.3 Å². The van der Waals surface area contributed by atoms with E-state index < -0.39 is 0 Å². The quantitative estimate of drug-likeness (QED) is 0.400. The van der Waals surface area contributed by atoms with Gasteiger partial charge in [0.05, 0.1) is 23.7 Å². The van der Waals surface area contributed by atoms with E-state index in [0.717, 1.165) is 45.3 Å². The Morgan fingerprint density at radius 3 is 2.60 bits per heavy atom. The van der Waals surface area contributed by atoms with Crippen molar-refractivity contribution in [3.8, 4) is 0 Å². The number of hydrogen-bond donors (Lipinski definition) is 0. The van der Waals surface area contributed by atoms with Crippen LogP contribution in [-0.2, 0) is 18.8 Å². The summed E-state index contributed by atoms with van der Waals surface area (Å²) >= 11 is 0. The van der Waals surface area contributed by atoms with Gasteiger partial charge in [-0.25, -0.2) is 0 Å². The molecule has 0 spiro atoms. The van der Waals surface area contributed by atoms with E-state index in [1.54, 1.807) is 0 Å². The van der Waals surface area contributed by atoms with Crippen LogP contribution in [0.5, 0.6) is 0 Å². The summed E-state index contributed by atoms with van der Waals surface area (Å²) in [5.74, 6) is 2.04. The van der Waals surface area contributed by atoms with Crippen molar-refractivity contribution < 1.29 is 18.8 Å². The molecule has 1 atom stereocenters. The lowest BCUT2D eigenvalue weighted by Crippen LogP contribution is -2.41. The van der Waals surface area contributed by atoms with E-state index in [4.69, 9.17) is 14.0 Å². The first-order valence-corrected chi connectivity index (χ1v) is 9.66. The molecule has 2 saturated heterocycles. The van der Waals surface area contributed by atoms with Gasteiger partial charge in [0, 0.05) is 6.54 Å². The highest BCUT2D eigenvalue weighted by atomic mass is 16.7. The standard InChI is InChI=1S/C19H34BNO4/c1-6-23-17(22)16-11-10-14-21(15-16)13-9-7-8-12-20-24-18(2,3)19(4,5)25-20/h8,12,16H,6-7,9-11,13-15H2,1-5H3/b12-8+. The number of carbonyl (C=O) groups is 1. The van der Waals surface area contributed by atoms with Gasteiger partial charge in [0.25, 0.3) is 0 Å². The Bertz CT molecular complexity index is 462. The Labute approximate surface area is 153 Å². The average molecular weight is 351 g/mol. The molecule has 5 nitrogen and oxygen atoms in total. The van der Waals surface area contributed by atoms with Crippen molar-refractivity contribution in [2.45, 2.75) is 71.5 Å². The van der Waals surface area contributed by atoms with Crippen LogP contribution >= 0.6 is 0 Å². The van der Waals surface area contributed by atoms with Gasteiger partial charge in [-0.05, 0) is 73.4 Å². The largest absolute Gasteiger partial charge is 0.486 e. The van der Waals surface area contributed by atoms with Crippen molar-refractivity contribution in [2.75, 3.05) is 26.2 Å². The van der Waals surface area contributed by atoms with Gasteiger partial charge in [0.15, 0.2) is 0 Å². The van der Waals surface area contributed by atoms with Gasteiger partial charge in [-0.3, -0.25) is 4.79 Å². The molecule has 0 aromatic rings. The second kappa shape index (κ2) is 8.69. The lowest BCUT2D eigenvalue weighted by molar-refractivity contribution is -0.149. The first kappa shape index (κ1) is 20.5. The second-order valence-corrected chi connectivity index (χ2v) is 8.09. The minimum absolute atomic E-state index is 0.0344. The Morgan fingerprint density at radius 1 is 1.28 bits per heavy atom. The molecule has 6 heteroatoms. The third kappa shape index (κ3) is 5.56. The number of allylic oxidation sites excluding steroid dienone is 1. The van der Waals surface area contributed by atoms with Crippen LogP contribution in [0.2, 0.25) is 0 Å². The zero-order chi connectivity index (χ0) is 18.5. The first-order valence-electron chi connectivity index (χ1n) is 9.66. The van der Waals surface area contributed by atoms with Crippen LogP contribution < -0.4 is 0 Å². The van der Waals surface area contributed by atoms with Gasteiger partial charge in [-0.2, -0.15) is 0 Å². The zero-order valence-corrected chi connectivity index (χ0v) is 16.5.